The number of esters is 3. The summed E-state index contributed by atoms with van der Waals surface area (Å²) < 4.78 is 17.3. The third kappa shape index (κ3) is 6.54. The number of ether oxygens (including phenoxy) is 3. The van der Waals surface area contributed by atoms with Crippen LogP contribution in [-0.2, 0) is 28.6 Å². The monoisotopic (exact) mass is 716 g/mol. The van der Waals surface area contributed by atoms with Crippen LogP contribution in [0.2, 0.25) is 0 Å². The van der Waals surface area contributed by atoms with E-state index in [4.69, 9.17) is 14.2 Å². The molecule has 5 saturated carbocycles. The zero-order valence-electron chi connectivity index (χ0n) is 32.9. The molecule has 0 unspecified atom stereocenters. The van der Waals surface area contributed by atoms with Gasteiger partial charge in [-0.2, -0.15) is 0 Å². The minimum absolute atomic E-state index is 0.0433. The second-order valence-corrected chi connectivity index (χ2v) is 18.7. The van der Waals surface area contributed by atoms with Gasteiger partial charge in [0.2, 0.25) is 0 Å². The van der Waals surface area contributed by atoms with Crippen LogP contribution in [0.5, 0.6) is 5.75 Å². The van der Waals surface area contributed by atoms with Gasteiger partial charge in [-0.05, 0) is 148 Å². The highest BCUT2D eigenvalue weighted by molar-refractivity contribution is 5.87. The molecule has 1 aromatic rings. The highest BCUT2D eigenvalue weighted by atomic mass is 16.5. The molecule has 0 amide bonds. The van der Waals surface area contributed by atoms with Gasteiger partial charge in [-0.3, -0.25) is 9.59 Å². The molecule has 1 aromatic carbocycles. The van der Waals surface area contributed by atoms with Crippen LogP contribution in [0.15, 0.2) is 42.5 Å². The Morgan fingerprint density at radius 1 is 0.827 bits per heavy atom. The van der Waals surface area contributed by atoms with E-state index in [1.165, 1.54) is 30.9 Å². The molecular formula is C45H64O7. The van der Waals surface area contributed by atoms with E-state index in [1.54, 1.807) is 37.3 Å². The minimum Gasteiger partial charge on any atom is -0.508 e. The van der Waals surface area contributed by atoms with E-state index >= 15 is 0 Å². The van der Waals surface area contributed by atoms with Crippen LogP contribution in [-0.4, -0.2) is 42.3 Å². The Balaban J connectivity index is 1.19. The van der Waals surface area contributed by atoms with E-state index in [9.17, 15) is 19.5 Å². The Morgan fingerprint density at radius 3 is 2.19 bits per heavy atom. The average Bonchev–Trinajstić information content (AvgIpc) is 3.48. The highest BCUT2D eigenvalue weighted by Gasteiger charge is 2.71. The Labute approximate surface area is 312 Å². The van der Waals surface area contributed by atoms with Crippen molar-refractivity contribution in [3.05, 3.63) is 48.1 Å². The predicted octanol–water partition coefficient (Wildman–Crippen LogP) is 9.86. The number of phenols is 1. The summed E-state index contributed by atoms with van der Waals surface area (Å²) in [6.45, 7) is 21.7. The van der Waals surface area contributed by atoms with Crippen LogP contribution in [0.4, 0.5) is 0 Å². The quantitative estimate of drug-likeness (QED) is 0.111. The smallest absolute Gasteiger partial charge is 0.331 e. The number of aromatic hydroxyl groups is 1. The van der Waals surface area contributed by atoms with Crippen molar-refractivity contribution >= 4 is 24.0 Å². The molecule has 52 heavy (non-hydrogen) atoms. The van der Waals surface area contributed by atoms with Crippen molar-refractivity contribution in [2.45, 2.75) is 132 Å². The normalized spacial score (nSPS) is 39.0. The molecular weight excluding hydrogens is 652 g/mol. The lowest BCUT2D eigenvalue weighted by atomic mass is 9.32. The van der Waals surface area contributed by atoms with Crippen LogP contribution in [0.25, 0.3) is 6.08 Å². The summed E-state index contributed by atoms with van der Waals surface area (Å²) >= 11 is 0. The number of carbonyl (C=O) groups is 3. The number of hydrogen-bond donors (Lipinski definition) is 1. The number of carbonyl (C=O) groups excluding carboxylic acids is 3. The maximum atomic E-state index is 13.1. The lowest BCUT2D eigenvalue weighted by Crippen LogP contribution is -2.67. The Morgan fingerprint density at radius 2 is 1.52 bits per heavy atom. The van der Waals surface area contributed by atoms with Gasteiger partial charge in [0.25, 0.3) is 0 Å². The molecule has 0 aliphatic heterocycles. The van der Waals surface area contributed by atoms with E-state index in [0.29, 0.717) is 42.8 Å². The largest absolute Gasteiger partial charge is 0.508 e. The van der Waals surface area contributed by atoms with Crippen molar-refractivity contribution in [2.24, 2.45) is 56.7 Å². The first-order valence-corrected chi connectivity index (χ1v) is 20.1. The summed E-state index contributed by atoms with van der Waals surface area (Å²) in [7, 11) is 0. The Bertz CT molecular complexity index is 1560. The van der Waals surface area contributed by atoms with Crippen molar-refractivity contribution < 1.29 is 33.7 Å². The predicted molar refractivity (Wildman–Crippen MR) is 203 cm³/mol. The molecule has 0 aromatic heterocycles. The Hall–Kier alpha value is -3.09. The third-order valence-electron chi connectivity index (χ3n) is 16.1. The second-order valence-electron chi connectivity index (χ2n) is 18.7. The number of allylic oxidation sites excluding steroid dienone is 1. The lowest BCUT2D eigenvalue weighted by Gasteiger charge is -2.73. The maximum absolute atomic E-state index is 13.1. The molecule has 1 N–H and O–H groups in total. The van der Waals surface area contributed by atoms with Gasteiger partial charge in [-0.15, -0.1) is 0 Å². The zero-order valence-corrected chi connectivity index (χ0v) is 32.9. The fraction of sp³-hybridized carbons (Fsp3) is 0.711. The number of fused-ring (bicyclic) bond motifs is 7. The third-order valence-corrected chi connectivity index (χ3v) is 16.1. The lowest BCUT2D eigenvalue weighted by molar-refractivity contribution is -0.251. The molecule has 0 radical (unpaired) electrons. The molecule has 7 nitrogen and oxygen atoms in total. The molecule has 0 heterocycles. The van der Waals surface area contributed by atoms with Crippen molar-refractivity contribution in [1.82, 2.24) is 0 Å². The van der Waals surface area contributed by atoms with E-state index in [2.05, 4.69) is 48.1 Å². The highest BCUT2D eigenvalue weighted by Crippen LogP contribution is 2.77. The Kier molecular flexibility index (Phi) is 10.6. The van der Waals surface area contributed by atoms with E-state index < -0.39 is 0 Å². The SMILES string of the molecule is C=C(C)[C@@H]1CC[C@]2(COC(=O)CCC(=O)OCC)CC[C@]3(C)[C@H](CC[C@@H]4[C@@]5(C)CC[C@H](OC(=O)C=Cc6ccc(O)cc6)C(C)(C)[C@@H]5CC[C@]43C)[C@@H]12. The van der Waals surface area contributed by atoms with Crippen LogP contribution < -0.4 is 0 Å². The number of hydrogen-bond acceptors (Lipinski definition) is 7. The summed E-state index contributed by atoms with van der Waals surface area (Å²) in [4.78, 5) is 37.9. The standard InChI is InChI=1S/C45H64O7/c1-9-50-37(47)18-19-38(48)51-28-45-25-20-32(29(2)3)40(45)33-15-16-35-42(6)23-22-36(52-39(49)17-12-30-10-13-31(46)14-11-30)41(4,5)34(42)21-24-44(35,8)43(33,7)26-27-45/h10-14,17,32-36,40,46H,2,9,15-16,18-28H2,1,3-8H3/t32-,33+,34-,35+,36-,40+,42-,43+,44+,45+/m0/s1. The van der Waals surface area contributed by atoms with Gasteiger partial charge in [0.15, 0.2) is 0 Å². The first-order valence-electron chi connectivity index (χ1n) is 20.1. The topological polar surface area (TPSA) is 99.1 Å². The van der Waals surface area contributed by atoms with E-state index in [-0.39, 0.29) is 69.7 Å². The first-order chi connectivity index (χ1) is 24.5. The molecule has 10 atom stereocenters. The van der Waals surface area contributed by atoms with Crippen LogP contribution in [0, 0.1) is 56.7 Å². The van der Waals surface area contributed by atoms with Crippen molar-refractivity contribution in [3.8, 4) is 5.75 Å². The zero-order chi connectivity index (χ0) is 37.7. The fourth-order valence-electron chi connectivity index (χ4n) is 13.4. The number of rotatable bonds is 10. The second kappa shape index (κ2) is 14.3. The maximum Gasteiger partial charge on any atom is 0.331 e. The van der Waals surface area contributed by atoms with Gasteiger partial charge < -0.3 is 19.3 Å². The van der Waals surface area contributed by atoms with Crippen LogP contribution in [0.1, 0.15) is 131 Å². The minimum atomic E-state index is -0.349. The molecule has 5 aliphatic rings. The van der Waals surface area contributed by atoms with Gasteiger partial charge in [0, 0.05) is 16.9 Å². The van der Waals surface area contributed by atoms with Crippen molar-refractivity contribution in [3.63, 3.8) is 0 Å². The van der Waals surface area contributed by atoms with Crippen molar-refractivity contribution in [2.75, 3.05) is 13.2 Å². The molecule has 0 bridgehead atoms. The molecule has 0 saturated heterocycles. The average molecular weight is 717 g/mol. The van der Waals surface area contributed by atoms with Gasteiger partial charge >= 0.3 is 17.9 Å². The van der Waals surface area contributed by atoms with E-state index in [1.807, 2.05) is 0 Å². The first kappa shape index (κ1) is 38.6. The van der Waals surface area contributed by atoms with Gasteiger partial charge in [-0.25, -0.2) is 4.79 Å². The van der Waals surface area contributed by atoms with E-state index in [0.717, 1.165) is 50.5 Å². The summed E-state index contributed by atoms with van der Waals surface area (Å²) in [5.41, 5.74) is 2.42. The number of phenolic OH excluding ortho intramolecular Hbond substituents is 1. The van der Waals surface area contributed by atoms with Crippen LogP contribution >= 0.6 is 0 Å². The molecule has 5 fully saturated rings. The summed E-state index contributed by atoms with van der Waals surface area (Å²) in [6.07, 6.45) is 14.3. The molecule has 7 heteroatoms. The summed E-state index contributed by atoms with van der Waals surface area (Å²) in [5, 5.41) is 9.59. The number of benzene rings is 1. The summed E-state index contributed by atoms with van der Waals surface area (Å²) in [5.74, 6) is 1.70. The summed E-state index contributed by atoms with van der Waals surface area (Å²) in [6, 6.07) is 6.80. The van der Waals surface area contributed by atoms with Gasteiger partial charge in [0.05, 0.1) is 26.1 Å². The molecule has 0 spiro atoms. The van der Waals surface area contributed by atoms with Gasteiger partial charge in [-0.1, -0.05) is 58.9 Å². The molecule has 6 rings (SSSR count). The fourth-order valence-corrected chi connectivity index (χ4v) is 13.4. The van der Waals surface area contributed by atoms with Crippen LogP contribution in [0.3, 0.4) is 0 Å². The molecule has 286 valence electrons. The van der Waals surface area contributed by atoms with Gasteiger partial charge in [0.1, 0.15) is 11.9 Å². The molecule has 5 aliphatic carbocycles. The van der Waals surface area contributed by atoms with Crippen molar-refractivity contribution in [1.29, 1.82) is 0 Å².